The first kappa shape index (κ1) is 16.1. The average molecular weight is 336 g/mol. The van der Waals surface area contributed by atoms with Gasteiger partial charge in [-0.2, -0.15) is 4.31 Å². The van der Waals surface area contributed by atoms with E-state index in [1.807, 2.05) is 0 Å². The molecule has 0 saturated carbocycles. The number of likely N-dealkylation sites (N-methyl/N-ethyl adjacent to an activating group) is 1. The summed E-state index contributed by atoms with van der Waals surface area (Å²) in [6.07, 6.45) is -0.818. The summed E-state index contributed by atoms with van der Waals surface area (Å²) < 4.78 is 26.0. The van der Waals surface area contributed by atoms with E-state index in [1.165, 1.54) is 7.05 Å². The van der Waals surface area contributed by atoms with E-state index in [2.05, 4.69) is 5.32 Å². The lowest BCUT2D eigenvalue weighted by atomic mass is 10.2. The molecule has 8 nitrogen and oxygen atoms in total. The van der Waals surface area contributed by atoms with Gasteiger partial charge in [0, 0.05) is 32.3 Å². The van der Waals surface area contributed by atoms with E-state index in [1.54, 1.807) is 0 Å². The molecule has 1 saturated heterocycles. The fourth-order valence-corrected chi connectivity index (χ4v) is 4.06. The van der Waals surface area contributed by atoms with E-state index in [0.717, 1.165) is 22.5 Å². The van der Waals surface area contributed by atoms with Gasteiger partial charge in [-0.25, -0.2) is 8.42 Å². The molecule has 1 aromatic rings. The van der Waals surface area contributed by atoms with Crippen molar-refractivity contribution in [1.29, 1.82) is 0 Å². The molecule has 21 heavy (non-hydrogen) atoms. The van der Waals surface area contributed by atoms with Crippen LogP contribution in [0.1, 0.15) is 0 Å². The van der Waals surface area contributed by atoms with Crippen molar-refractivity contribution in [2.45, 2.75) is 17.0 Å². The highest BCUT2D eigenvalue weighted by molar-refractivity contribution is 7.89. The number of nitro benzene ring substituents is 1. The van der Waals surface area contributed by atoms with Gasteiger partial charge in [0.1, 0.15) is 4.90 Å². The van der Waals surface area contributed by atoms with Gasteiger partial charge < -0.3 is 10.4 Å². The predicted molar refractivity (Wildman–Crippen MR) is 75.7 cm³/mol. The van der Waals surface area contributed by atoms with E-state index in [0.29, 0.717) is 13.1 Å². The molecule has 0 spiro atoms. The minimum Gasteiger partial charge on any atom is -0.390 e. The maximum Gasteiger partial charge on any atom is 0.271 e. The van der Waals surface area contributed by atoms with Crippen LogP contribution in [0.3, 0.4) is 0 Å². The molecule has 2 N–H and O–H groups in total. The summed E-state index contributed by atoms with van der Waals surface area (Å²) in [4.78, 5) is 9.76. The van der Waals surface area contributed by atoms with E-state index in [4.69, 9.17) is 11.6 Å². The Bertz CT molecular complexity index is 666. The molecule has 0 aliphatic carbocycles. The second kappa shape index (κ2) is 5.85. The third-order valence-electron chi connectivity index (χ3n) is 3.40. The average Bonchev–Trinajstić information content (AvgIpc) is 2.83. The number of aliphatic hydroxyl groups excluding tert-OH is 1. The highest BCUT2D eigenvalue weighted by Gasteiger charge is 2.36. The second-order valence-corrected chi connectivity index (χ2v) is 7.06. The number of benzene rings is 1. The summed E-state index contributed by atoms with van der Waals surface area (Å²) >= 11 is 5.86. The minimum atomic E-state index is -3.95. The van der Waals surface area contributed by atoms with Gasteiger partial charge in [0.2, 0.25) is 10.0 Å². The van der Waals surface area contributed by atoms with Crippen LogP contribution in [-0.4, -0.2) is 55.0 Å². The smallest absolute Gasteiger partial charge is 0.271 e. The van der Waals surface area contributed by atoms with Gasteiger partial charge in [-0.15, -0.1) is 0 Å². The van der Waals surface area contributed by atoms with Crippen molar-refractivity contribution in [3.63, 3.8) is 0 Å². The van der Waals surface area contributed by atoms with Crippen molar-refractivity contribution in [3.05, 3.63) is 33.3 Å². The van der Waals surface area contributed by atoms with Crippen LogP contribution in [-0.2, 0) is 10.0 Å². The monoisotopic (exact) mass is 335 g/mol. The quantitative estimate of drug-likeness (QED) is 0.600. The molecular weight excluding hydrogens is 322 g/mol. The highest BCUT2D eigenvalue weighted by atomic mass is 35.5. The lowest BCUT2D eigenvalue weighted by Gasteiger charge is -2.25. The van der Waals surface area contributed by atoms with E-state index < -0.39 is 27.1 Å². The molecule has 1 aromatic carbocycles. The van der Waals surface area contributed by atoms with Crippen LogP contribution >= 0.6 is 11.6 Å². The molecule has 10 heteroatoms. The SMILES string of the molecule is CN([C@@H]1CNC[C@H]1O)S(=O)(=O)c1ccc([N+](=O)[O-])cc1Cl. The first-order chi connectivity index (χ1) is 9.75. The number of hydrogen-bond donors (Lipinski definition) is 2. The lowest BCUT2D eigenvalue weighted by Crippen LogP contribution is -2.44. The van der Waals surface area contributed by atoms with Crippen LogP contribution in [0.2, 0.25) is 5.02 Å². The number of sulfonamides is 1. The fraction of sp³-hybridized carbons (Fsp3) is 0.455. The summed E-state index contributed by atoms with van der Waals surface area (Å²) in [5, 5.41) is 23.1. The van der Waals surface area contributed by atoms with Crippen LogP contribution in [0.25, 0.3) is 0 Å². The Morgan fingerprint density at radius 2 is 2.14 bits per heavy atom. The Kier molecular flexibility index (Phi) is 4.49. The molecule has 0 bridgehead atoms. The van der Waals surface area contributed by atoms with Crippen LogP contribution < -0.4 is 5.32 Å². The second-order valence-electron chi connectivity index (χ2n) is 4.69. The number of non-ortho nitro benzene ring substituents is 1. The van der Waals surface area contributed by atoms with Gasteiger partial charge >= 0.3 is 0 Å². The van der Waals surface area contributed by atoms with E-state index in [-0.39, 0.29) is 15.6 Å². The number of nitrogens with one attached hydrogen (secondary N) is 1. The number of aliphatic hydroxyl groups is 1. The molecule has 0 aromatic heterocycles. The zero-order valence-electron chi connectivity index (χ0n) is 11.1. The summed E-state index contributed by atoms with van der Waals surface area (Å²) in [6, 6.07) is 2.56. The Hall–Kier alpha value is -1.26. The summed E-state index contributed by atoms with van der Waals surface area (Å²) in [6.45, 7) is 0.625. The number of β-amino-alcohol motifs (C(OH)–C–C–N with tert-alkyl or cyclic N) is 1. The Morgan fingerprint density at radius 1 is 1.48 bits per heavy atom. The Labute approximate surface area is 126 Å². The number of halogens is 1. The van der Waals surface area contributed by atoms with Crippen molar-refractivity contribution in [2.24, 2.45) is 0 Å². The first-order valence-corrected chi connectivity index (χ1v) is 7.87. The Balaban J connectivity index is 2.37. The molecule has 116 valence electrons. The van der Waals surface area contributed by atoms with E-state index >= 15 is 0 Å². The molecule has 0 radical (unpaired) electrons. The largest absolute Gasteiger partial charge is 0.390 e. The van der Waals surface area contributed by atoms with Crippen LogP contribution in [0, 0.1) is 10.1 Å². The highest BCUT2D eigenvalue weighted by Crippen LogP contribution is 2.29. The van der Waals surface area contributed by atoms with Gasteiger partial charge in [0.05, 0.1) is 22.1 Å². The van der Waals surface area contributed by atoms with Gasteiger partial charge in [0.15, 0.2) is 0 Å². The van der Waals surface area contributed by atoms with Crippen molar-refractivity contribution < 1.29 is 18.4 Å². The van der Waals surface area contributed by atoms with Gasteiger partial charge in [-0.1, -0.05) is 11.6 Å². The number of nitro groups is 1. The van der Waals surface area contributed by atoms with Crippen LogP contribution in [0.4, 0.5) is 5.69 Å². The first-order valence-electron chi connectivity index (χ1n) is 6.06. The van der Waals surface area contributed by atoms with Crippen molar-refractivity contribution in [1.82, 2.24) is 9.62 Å². The molecule has 1 fully saturated rings. The molecule has 1 aliphatic heterocycles. The molecule has 2 rings (SSSR count). The molecule has 0 unspecified atom stereocenters. The maximum absolute atomic E-state index is 12.5. The third kappa shape index (κ3) is 3.01. The minimum absolute atomic E-state index is 0.225. The molecule has 1 heterocycles. The van der Waals surface area contributed by atoms with Gasteiger partial charge in [-0.3, -0.25) is 10.1 Å². The van der Waals surface area contributed by atoms with Gasteiger partial charge in [-0.05, 0) is 6.07 Å². The Morgan fingerprint density at radius 3 is 2.62 bits per heavy atom. The molecular formula is C11H14ClN3O5S. The van der Waals surface area contributed by atoms with Crippen LogP contribution in [0.15, 0.2) is 23.1 Å². The third-order valence-corrected chi connectivity index (χ3v) is 5.77. The van der Waals surface area contributed by atoms with Crippen LogP contribution in [0.5, 0.6) is 0 Å². The molecule has 1 aliphatic rings. The topological polar surface area (TPSA) is 113 Å². The predicted octanol–water partition coefficient (Wildman–Crippen LogP) is 0.201. The maximum atomic E-state index is 12.5. The summed E-state index contributed by atoms with van der Waals surface area (Å²) in [5.41, 5.74) is -0.288. The number of nitrogens with zero attached hydrogens (tertiary/aromatic N) is 2. The van der Waals surface area contributed by atoms with Gasteiger partial charge in [0.25, 0.3) is 5.69 Å². The van der Waals surface area contributed by atoms with E-state index in [9.17, 15) is 23.6 Å². The normalized spacial score (nSPS) is 22.7. The van der Waals surface area contributed by atoms with Crippen molar-refractivity contribution in [2.75, 3.05) is 20.1 Å². The van der Waals surface area contributed by atoms with Crippen molar-refractivity contribution in [3.8, 4) is 0 Å². The molecule has 0 amide bonds. The standard InChI is InChI=1S/C11H14ClN3O5S/c1-14(9-5-13-6-10(9)16)21(19,20)11-3-2-7(15(17)18)4-8(11)12/h2-4,9-10,13,16H,5-6H2,1H3/t9-,10-/m1/s1. The summed E-state index contributed by atoms with van der Waals surface area (Å²) in [7, 11) is -2.61. The lowest BCUT2D eigenvalue weighted by molar-refractivity contribution is -0.384. The number of hydrogen-bond acceptors (Lipinski definition) is 6. The zero-order valence-corrected chi connectivity index (χ0v) is 12.6. The summed E-state index contributed by atoms with van der Waals surface area (Å²) in [5.74, 6) is 0. The zero-order chi connectivity index (χ0) is 15.8. The number of rotatable bonds is 4. The van der Waals surface area contributed by atoms with Crippen molar-refractivity contribution >= 4 is 27.3 Å². The fourth-order valence-electron chi connectivity index (χ4n) is 2.17. The molecule has 2 atom stereocenters.